The van der Waals surface area contributed by atoms with E-state index < -0.39 is 5.97 Å². The lowest BCUT2D eigenvalue weighted by atomic mass is 10.1. The summed E-state index contributed by atoms with van der Waals surface area (Å²) in [4.78, 5) is 53.3. The molecule has 1 fully saturated rings. The Morgan fingerprint density at radius 2 is 2.00 bits per heavy atom. The number of ether oxygens (including phenoxy) is 1. The van der Waals surface area contributed by atoms with Gasteiger partial charge in [0.1, 0.15) is 22.9 Å². The van der Waals surface area contributed by atoms with Crippen LogP contribution in [0.3, 0.4) is 0 Å². The molecule has 0 bridgehead atoms. The van der Waals surface area contributed by atoms with Gasteiger partial charge in [-0.15, -0.1) is 16.4 Å². The number of hydrogen-bond donors (Lipinski definition) is 1. The third-order valence-electron chi connectivity index (χ3n) is 7.87. The van der Waals surface area contributed by atoms with Crippen LogP contribution >= 0.6 is 22.9 Å². The minimum absolute atomic E-state index is 0.165. The summed E-state index contributed by atoms with van der Waals surface area (Å²) >= 11 is 7.53. The highest BCUT2D eigenvalue weighted by molar-refractivity contribution is 7.12. The summed E-state index contributed by atoms with van der Waals surface area (Å²) in [6, 6.07) is 8.11. The number of halogens is 1. The molecular weight excluding hydrogens is 606 g/mol. The molecule has 0 radical (unpaired) electrons. The van der Waals surface area contributed by atoms with Gasteiger partial charge in [-0.25, -0.2) is 14.8 Å². The number of fused-ring (bicyclic) bond motifs is 1. The zero-order chi connectivity index (χ0) is 30.2. The fraction of sp³-hybridized carbons (Fsp3) is 0.310. The fourth-order valence-corrected chi connectivity index (χ4v) is 6.67. The molecule has 1 saturated heterocycles. The molecule has 13 nitrogen and oxygen atoms in total. The Hall–Kier alpha value is -4.69. The summed E-state index contributed by atoms with van der Waals surface area (Å²) in [7, 11) is 0. The normalized spacial score (nSPS) is 16.2. The van der Waals surface area contributed by atoms with E-state index in [1.165, 1.54) is 28.4 Å². The van der Waals surface area contributed by atoms with Gasteiger partial charge in [0.2, 0.25) is 0 Å². The van der Waals surface area contributed by atoms with Gasteiger partial charge in [0.05, 0.1) is 29.3 Å². The van der Waals surface area contributed by atoms with Gasteiger partial charge in [-0.2, -0.15) is 4.68 Å². The predicted octanol–water partition coefficient (Wildman–Crippen LogP) is 3.70. The van der Waals surface area contributed by atoms with E-state index in [0.717, 1.165) is 24.8 Å². The Labute approximate surface area is 259 Å². The van der Waals surface area contributed by atoms with Gasteiger partial charge in [-0.3, -0.25) is 14.2 Å². The number of nitrogens with one attached hydrogen (secondary N) is 1. The Bertz CT molecular complexity index is 1910. The lowest BCUT2D eigenvalue weighted by molar-refractivity contribution is -0.135. The zero-order valence-electron chi connectivity index (χ0n) is 23.3. The molecule has 1 unspecified atom stereocenters. The first-order valence-electron chi connectivity index (χ1n) is 14.2. The molecule has 2 aliphatic heterocycles. The number of H-pyrrole nitrogens is 1. The number of aromatic amines is 1. The minimum atomic E-state index is -0.535. The van der Waals surface area contributed by atoms with Crippen molar-refractivity contribution in [3.63, 3.8) is 0 Å². The average Bonchev–Trinajstić information content (AvgIpc) is 3.86. The molecule has 15 heteroatoms. The number of esters is 1. The molecule has 0 spiro atoms. The second-order valence-corrected chi connectivity index (χ2v) is 12.0. The van der Waals surface area contributed by atoms with Crippen LogP contribution in [-0.4, -0.2) is 76.2 Å². The number of hydrogen-bond acceptors (Lipinski definition) is 10. The predicted molar refractivity (Wildman–Crippen MR) is 161 cm³/mol. The van der Waals surface area contributed by atoms with E-state index >= 15 is 0 Å². The van der Waals surface area contributed by atoms with Crippen molar-refractivity contribution in [1.82, 2.24) is 44.6 Å². The molecule has 2 aliphatic rings. The number of thiophene rings is 1. The molecule has 4 aromatic heterocycles. The molecule has 44 heavy (non-hydrogen) atoms. The molecule has 0 aliphatic carbocycles. The summed E-state index contributed by atoms with van der Waals surface area (Å²) in [6.07, 6.45) is 7.44. The van der Waals surface area contributed by atoms with Crippen molar-refractivity contribution in [3.05, 3.63) is 80.1 Å². The van der Waals surface area contributed by atoms with Crippen LogP contribution in [-0.2, 0) is 16.0 Å². The molecular formula is C29H26ClN9O4S. The van der Waals surface area contributed by atoms with Gasteiger partial charge < -0.3 is 14.6 Å². The number of imidazole rings is 1. The van der Waals surface area contributed by atoms with Crippen molar-refractivity contribution in [2.45, 2.75) is 38.1 Å². The summed E-state index contributed by atoms with van der Waals surface area (Å²) in [5.41, 5.74) is 3.01. The van der Waals surface area contributed by atoms with Gasteiger partial charge >= 0.3 is 5.97 Å². The van der Waals surface area contributed by atoms with Gasteiger partial charge in [0.25, 0.3) is 11.5 Å². The summed E-state index contributed by atoms with van der Waals surface area (Å²) < 4.78 is 8.45. The van der Waals surface area contributed by atoms with Crippen molar-refractivity contribution < 1.29 is 14.3 Å². The first-order valence-corrected chi connectivity index (χ1v) is 15.4. The van der Waals surface area contributed by atoms with Gasteiger partial charge in [-0.1, -0.05) is 11.6 Å². The lowest BCUT2D eigenvalue weighted by Gasteiger charge is -2.26. The quantitative estimate of drug-likeness (QED) is 0.265. The zero-order valence-corrected chi connectivity index (χ0v) is 24.9. The molecule has 7 rings (SSSR count). The molecule has 6 heterocycles. The van der Waals surface area contributed by atoms with Crippen LogP contribution in [0.25, 0.3) is 28.2 Å². The Morgan fingerprint density at radius 3 is 2.82 bits per heavy atom. The van der Waals surface area contributed by atoms with E-state index in [9.17, 15) is 14.4 Å². The number of carbonyl (C=O) groups excluding carboxylic acids is 2. The van der Waals surface area contributed by atoms with Crippen molar-refractivity contribution in [3.8, 4) is 28.2 Å². The van der Waals surface area contributed by atoms with E-state index in [0.29, 0.717) is 70.1 Å². The summed E-state index contributed by atoms with van der Waals surface area (Å²) in [5, 5.41) is 13.7. The number of amides is 1. The average molecular weight is 632 g/mol. The number of rotatable bonds is 7. The second kappa shape index (κ2) is 11.8. The van der Waals surface area contributed by atoms with E-state index in [-0.39, 0.29) is 24.1 Å². The van der Waals surface area contributed by atoms with Crippen LogP contribution in [0.5, 0.6) is 0 Å². The van der Waals surface area contributed by atoms with E-state index in [2.05, 4.69) is 25.5 Å². The van der Waals surface area contributed by atoms with E-state index in [1.807, 2.05) is 5.38 Å². The first-order chi connectivity index (χ1) is 21.4. The fourth-order valence-electron chi connectivity index (χ4n) is 5.70. The summed E-state index contributed by atoms with van der Waals surface area (Å²) in [5.74, 6) is 0.558. The lowest BCUT2D eigenvalue weighted by Crippen LogP contribution is -2.38. The van der Waals surface area contributed by atoms with Crippen molar-refractivity contribution >= 4 is 34.8 Å². The Balaban J connectivity index is 1.08. The smallest absolute Gasteiger partial charge is 0.348 e. The van der Waals surface area contributed by atoms with Crippen LogP contribution in [0, 0.1) is 0 Å². The molecule has 5 aromatic rings. The number of tetrazole rings is 1. The van der Waals surface area contributed by atoms with Crippen LogP contribution < -0.4 is 5.56 Å². The van der Waals surface area contributed by atoms with Gasteiger partial charge in [0, 0.05) is 47.1 Å². The largest absolute Gasteiger partial charge is 0.451 e. The number of piperidine rings is 1. The molecule has 1 amide bonds. The molecule has 1 aromatic carbocycles. The topological polar surface area (TPSA) is 154 Å². The SMILES string of the molecule is O=C(OCC(=O)N1CCCCC1)c1cc(-c2cnc(C3CCc4nc(-c5cc(Cl)ccc5-n5cnnn5)cc(=O)n43)[nH]2)cs1. The maximum absolute atomic E-state index is 13.5. The third-order valence-corrected chi connectivity index (χ3v) is 9.01. The van der Waals surface area contributed by atoms with E-state index in [1.54, 1.807) is 39.9 Å². The van der Waals surface area contributed by atoms with Crippen molar-refractivity contribution in [1.29, 1.82) is 0 Å². The number of likely N-dealkylation sites (tertiary alicyclic amines) is 1. The van der Waals surface area contributed by atoms with Crippen LogP contribution in [0.15, 0.2) is 53.0 Å². The van der Waals surface area contributed by atoms with Crippen LogP contribution in [0.2, 0.25) is 5.02 Å². The standard InChI is InChI=1S/C29H26ClN9O4S/c30-18-4-5-22(38-16-32-35-36-38)19(11-18)20-12-26(40)39-23(6-7-25(39)33-20)28-31-13-21(34-28)17-10-24(44-15-17)29(42)43-14-27(41)37-8-2-1-3-9-37/h4-5,10-13,15-16,23H,1-3,6-9,14H2,(H,31,34). The third kappa shape index (κ3) is 5.42. The number of nitrogens with zero attached hydrogens (tertiary/aromatic N) is 8. The van der Waals surface area contributed by atoms with E-state index in [4.69, 9.17) is 21.3 Å². The molecule has 1 atom stereocenters. The van der Waals surface area contributed by atoms with Gasteiger partial charge in [-0.05, 0) is 60.4 Å². The van der Waals surface area contributed by atoms with Crippen LogP contribution in [0.4, 0.5) is 0 Å². The van der Waals surface area contributed by atoms with Crippen molar-refractivity contribution in [2.75, 3.05) is 19.7 Å². The highest BCUT2D eigenvalue weighted by Crippen LogP contribution is 2.33. The molecule has 0 saturated carbocycles. The summed E-state index contributed by atoms with van der Waals surface area (Å²) in [6.45, 7) is 1.16. The number of benzene rings is 1. The highest BCUT2D eigenvalue weighted by atomic mass is 35.5. The Morgan fingerprint density at radius 1 is 1.14 bits per heavy atom. The van der Waals surface area contributed by atoms with Crippen molar-refractivity contribution in [2.24, 2.45) is 0 Å². The molecule has 224 valence electrons. The first kappa shape index (κ1) is 28.1. The van der Waals surface area contributed by atoms with Gasteiger partial charge in [0.15, 0.2) is 6.61 Å². The molecule has 1 N–H and O–H groups in total. The highest BCUT2D eigenvalue weighted by Gasteiger charge is 2.29. The number of aryl methyl sites for hydroxylation is 1. The Kier molecular flexibility index (Phi) is 7.52. The number of carbonyl (C=O) groups is 2. The second-order valence-electron chi connectivity index (χ2n) is 10.6. The minimum Gasteiger partial charge on any atom is -0.451 e. The maximum atomic E-state index is 13.5. The maximum Gasteiger partial charge on any atom is 0.348 e. The van der Waals surface area contributed by atoms with Crippen LogP contribution in [0.1, 0.15) is 53.0 Å². The number of aromatic nitrogens is 8. The monoisotopic (exact) mass is 631 g/mol.